The Morgan fingerprint density at radius 1 is 0.671 bits per heavy atom. The average Bonchev–Trinajstić information content (AvgIpc) is 3.75. The maximum absolute atomic E-state index is 13.2. The summed E-state index contributed by atoms with van der Waals surface area (Å²) in [5.41, 5.74) is 1.53. The molecule has 1 unspecified atom stereocenters. The highest BCUT2D eigenvalue weighted by molar-refractivity contribution is 7.82. The third-order valence-corrected chi connectivity index (χ3v) is 12.4. The molecule has 0 saturated carbocycles. The number of fused-ring (bicyclic) bond motifs is 2. The summed E-state index contributed by atoms with van der Waals surface area (Å²) in [5.74, 6) is -0.476. The fourth-order valence-corrected chi connectivity index (χ4v) is 8.73. The Balaban J connectivity index is 0.940. The van der Waals surface area contributed by atoms with E-state index in [0.29, 0.717) is 63.4 Å². The molecule has 1 aromatic heterocycles. The van der Waals surface area contributed by atoms with Crippen LogP contribution in [0.1, 0.15) is 102 Å². The number of hydrogen-bond acceptors (Lipinski definition) is 14. The molecule has 3 amide bonds. The van der Waals surface area contributed by atoms with E-state index in [1.807, 2.05) is 12.1 Å². The highest BCUT2D eigenvalue weighted by Crippen LogP contribution is 2.40. The molecule has 0 saturated heterocycles. The van der Waals surface area contributed by atoms with Crippen molar-refractivity contribution >= 4 is 89.9 Å². The van der Waals surface area contributed by atoms with Gasteiger partial charge in [-0.1, -0.05) is 89.0 Å². The lowest BCUT2D eigenvalue weighted by Gasteiger charge is -2.15. The van der Waals surface area contributed by atoms with Gasteiger partial charge in [0.05, 0.1) is 28.1 Å². The zero-order valence-corrected chi connectivity index (χ0v) is 41.3. The van der Waals surface area contributed by atoms with Crippen LogP contribution in [0.5, 0.6) is 28.7 Å². The monoisotopic (exact) mass is 995 g/mol. The normalized spacial score (nSPS) is 11.7. The Labute approximate surface area is 414 Å². The lowest BCUT2D eigenvalue weighted by molar-refractivity contribution is -0.115. The number of carbonyl (C=O) groups excluding carboxylic acids is 3. The van der Waals surface area contributed by atoms with Gasteiger partial charge >= 0.3 is 11.3 Å². The number of rotatable bonds is 29. The molecule has 1 atom stereocenters. The summed E-state index contributed by atoms with van der Waals surface area (Å²) in [5, 5.41) is 40.2. The minimum atomic E-state index is -2.00. The van der Waals surface area contributed by atoms with Crippen molar-refractivity contribution in [2.24, 2.45) is 10.2 Å². The van der Waals surface area contributed by atoms with Gasteiger partial charge in [0, 0.05) is 55.5 Å². The van der Waals surface area contributed by atoms with E-state index in [4.69, 9.17) is 18.4 Å². The SMILES string of the molecule is CCCCCCCCCCCCOCCCNC(=O)c1cc(OCCOc2ccc(NS(=O)Oc3ccc4nsc(N=Nc5cc(NC(C)=O)c(O)c(NC(C)=O)c5)c4c3)cc2)c2ccccc2c1O. The molecule has 372 valence electrons. The van der Waals surface area contributed by atoms with E-state index in [0.717, 1.165) is 24.6 Å². The van der Waals surface area contributed by atoms with Gasteiger partial charge in [-0.2, -0.15) is 8.58 Å². The second kappa shape index (κ2) is 27.4. The maximum Gasteiger partial charge on any atom is 0.316 e. The zero-order valence-electron chi connectivity index (χ0n) is 39.7. The zero-order chi connectivity index (χ0) is 49.7. The molecule has 0 bridgehead atoms. The first-order valence-electron chi connectivity index (χ1n) is 23.6. The Kier molecular flexibility index (Phi) is 20.6. The van der Waals surface area contributed by atoms with Crippen LogP contribution < -0.4 is 34.3 Å². The van der Waals surface area contributed by atoms with E-state index in [1.165, 1.54) is 83.8 Å². The molecule has 19 heteroatoms. The van der Waals surface area contributed by atoms with Crippen LogP contribution in [0.15, 0.2) is 95.2 Å². The van der Waals surface area contributed by atoms with Crippen LogP contribution >= 0.6 is 11.5 Å². The molecule has 0 spiro atoms. The predicted molar refractivity (Wildman–Crippen MR) is 276 cm³/mol. The molecule has 0 fully saturated rings. The highest BCUT2D eigenvalue weighted by Gasteiger charge is 2.19. The topological polar surface area (TPSA) is 231 Å². The first-order chi connectivity index (χ1) is 34.0. The van der Waals surface area contributed by atoms with Crippen LogP contribution in [0, 0.1) is 0 Å². The van der Waals surface area contributed by atoms with Crippen LogP contribution in [0.25, 0.3) is 21.7 Å². The van der Waals surface area contributed by atoms with E-state index in [2.05, 4.69) is 42.2 Å². The summed E-state index contributed by atoms with van der Waals surface area (Å²) in [6, 6.07) is 23.3. The molecule has 6 N–H and O–H groups in total. The second-order valence-electron chi connectivity index (χ2n) is 16.5. The number of phenolic OH excluding ortho intramolecular Hbond substituents is 2. The Morgan fingerprint density at radius 2 is 1.30 bits per heavy atom. The minimum absolute atomic E-state index is 0.0417. The standard InChI is InChI=1S/C51H61N7O10S2/c1-4-5-6-7-8-9-10-11-12-15-26-65-27-16-25-52-50(63)43-33-47(40-17-13-14-18-41(40)48(43)61)67-29-28-66-38-21-19-36(20-22-38)58-70(64)68-39-23-24-44-42(32-39)51(69-57-44)56-55-37-30-45(53-34(2)59)49(62)46(31-37)54-35(3)60/h13-14,17-24,30-33,58,61-62H,4-12,15-16,25-29H2,1-3H3,(H,52,63)(H,53,59)(H,54,60). The minimum Gasteiger partial charge on any atom is -0.506 e. The molecular weight excluding hydrogens is 935 g/mol. The predicted octanol–water partition coefficient (Wildman–Crippen LogP) is 11.8. The Hall–Kier alpha value is -6.83. The van der Waals surface area contributed by atoms with E-state index in [-0.39, 0.29) is 53.1 Å². The molecule has 6 rings (SSSR count). The molecule has 1 heterocycles. The summed E-state index contributed by atoms with van der Waals surface area (Å²) < 4.78 is 43.7. The van der Waals surface area contributed by atoms with Crippen LogP contribution in [-0.4, -0.2) is 69.5 Å². The van der Waals surface area contributed by atoms with Crippen molar-refractivity contribution in [3.63, 3.8) is 0 Å². The van der Waals surface area contributed by atoms with Gasteiger partial charge in [-0.25, -0.2) is 0 Å². The summed E-state index contributed by atoms with van der Waals surface area (Å²) in [6.45, 7) is 6.80. The van der Waals surface area contributed by atoms with Crippen LogP contribution in [0.3, 0.4) is 0 Å². The molecule has 70 heavy (non-hydrogen) atoms. The van der Waals surface area contributed by atoms with Gasteiger partial charge in [0.1, 0.15) is 36.2 Å². The number of ether oxygens (including phenoxy) is 3. The number of phenols is 2. The number of nitrogens with one attached hydrogen (secondary N) is 4. The van der Waals surface area contributed by atoms with Gasteiger partial charge in [0.15, 0.2) is 10.8 Å². The van der Waals surface area contributed by atoms with Crippen molar-refractivity contribution in [3.8, 4) is 28.7 Å². The van der Waals surface area contributed by atoms with Gasteiger partial charge in [0.25, 0.3) is 5.91 Å². The van der Waals surface area contributed by atoms with Crippen LogP contribution in [0.2, 0.25) is 0 Å². The Morgan fingerprint density at radius 3 is 1.99 bits per heavy atom. The molecule has 0 aliphatic carbocycles. The number of carbonyl (C=O) groups is 3. The molecule has 0 aliphatic rings. The number of aromatic nitrogens is 1. The quantitative estimate of drug-likeness (QED) is 0.0147. The molecule has 17 nitrogen and oxygen atoms in total. The van der Waals surface area contributed by atoms with Crippen LogP contribution in [-0.2, 0) is 25.6 Å². The summed E-state index contributed by atoms with van der Waals surface area (Å²) in [6.07, 6.45) is 13.4. The van der Waals surface area contributed by atoms with Crippen molar-refractivity contribution in [2.45, 2.75) is 91.4 Å². The first-order valence-corrected chi connectivity index (χ1v) is 25.4. The summed E-state index contributed by atoms with van der Waals surface area (Å²) >= 11 is -0.929. The lowest BCUT2D eigenvalue weighted by Crippen LogP contribution is -2.25. The third-order valence-electron chi connectivity index (χ3n) is 10.9. The molecule has 5 aromatic carbocycles. The number of unbranched alkanes of at least 4 members (excludes halogenated alkanes) is 9. The van der Waals surface area contributed by atoms with Crippen molar-refractivity contribution in [2.75, 3.05) is 48.3 Å². The van der Waals surface area contributed by atoms with E-state index < -0.39 is 29.0 Å². The molecule has 0 radical (unpaired) electrons. The van der Waals surface area contributed by atoms with Gasteiger partial charge in [-0.3, -0.25) is 19.1 Å². The highest BCUT2D eigenvalue weighted by atomic mass is 32.2. The summed E-state index contributed by atoms with van der Waals surface area (Å²) in [7, 11) is 0. The molecule has 0 aliphatic heterocycles. The molecule has 6 aromatic rings. The first kappa shape index (κ1) is 52.5. The summed E-state index contributed by atoms with van der Waals surface area (Å²) in [4.78, 5) is 36.6. The third kappa shape index (κ3) is 16.1. The van der Waals surface area contributed by atoms with Crippen LogP contribution in [0.4, 0.5) is 27.8 Å². The average molecular weight is 996 g/mol. The van der Waals surface area contributed by atoms with Gasteiger partial charge in [0.2, 0.25) is 11.8 Å². The fourth-order valence-electron chi connectivity index (χ4n) is 7.40. The Bertz CT molecular complexity index is 2710. The fraction of sp³-hybridized carbons (Fsp3) is 0.373. The van der Waals surface area contributed by atoms with E-state index >= 15 is 0 Å². The van der Waals surface area contributed by atoms with E-state index in [9.17, 15) is 28.8 Å². The van der Waals surface area contributed by atoms with Crippen molar-refractivity contribution in [1.29, 1.82) is 0 Å². The number of anilines is 3. The van der Waals surface area contributed by atoms with Gasteiger partial charge < -0.3 is 44.6 Å². The lowest BCUT2D eigenvalue weighted by atomic mass is 10.0. The number of nitrogens with zero attached hydrogens (tertiary/aromatic N) is 3. The van der Waals surface area contributed by atoms with E-state index in [1.54, 1.807) is 60.7 Å². The largest absolute Gasteiger partial charge is 0.506 e. The number of benzene rings is 5. The van der Waals surface area contributed by atoms with Crippen molar-refractivity contribution in [3.05, 3.63) is 90.5 Å². The van der Waals surface area contributed by atoms with Gasteiger partial charge in [-0.05, 0) is 85.0 Å². The maximum atomic E-state index is 13.2. The second-order valence-corrected chi connectivity index (χ2v) is 18.1. The number of amides is 3. The smallest absolute Gasteiger partial charge is 0.316 e. The number of azo groups is 1. The van der Waals surface area contributed by atoms with Crippen molar-refractivity contribution < 1.29 is 47.2 Å². The number of hydrogen-bond donors (Lipinski definition) is 6. The van der Waals surface area contributed by atoms with Gasteiger partial charge in [-0.15, -0.1) is 10.2 Å². The molecular formula is C51H61N7O10S2. The number of aromatic hydroxyl groups is 2. The van der Waals surface area contributed by atoms with Crippen molar-refractivity contribution in [1.82, 2.24) is 9.69 Å².